The third-order valence-electron chi connectivity index (χ3n) is 3.43. The van der Waals surface area contributed by atoms with Crippen LogP contribution in [0, 0.1) is 12.7 Å². The third-order valence-corrected chi connectivity index (χ3v) is 3.43. The number of hydrogen-bond acceptors (Lipinski definition) is 2. The van der Waals surface area contributed by atoms with E-state index in [-0.39, 0.29) is 23.8 Å². The topological polar surface area (TPSA) is 32.3 Å². The van der Waals surface area contributed by atoms with E-state index >= 15 is 0 Å². The molecule has 0 radical (unpaired) electrons. The standard InChI is InChI=1S/C15H21FN2O/c1-10(2)17-13-8-5-9-18(15(13)19)14-11(3)6-4-7-12(14)16/h4,6-7,10,13,17H,5,8-9H2,1-3H3. The number of amides is 1. The van der Waals surface area contributed by atoms with Crippen molar-refractivity contribution in [2.75, 3.05) is 11.4 Å². The predicted octanol–water partition coefficient (Wildman–Crippen LogP) is 2.63. The van der Waals surface area contributed by atoms with E-state index < -0.39 is 0 Å². The summed E-state index contributed by atoms with van der Waals surface area (Å²) in [7, 11) is 0. The molecular weight excluding hydrogens is 243 g/mol. The van der Waals surface area contributed by atoms with Crippen molar-refractivity contribution < 1.29 is 9.18 Å². The van der Waals surface area contributed by atoms with Crippen LogP contribution in [0.2, 0.25) is 0 Å². The summed E-state index contributed by atoms with van der Waals surface area (Å²) in [6, 6.07) is 4.97. The summed E-state index contributed by atoms with van der Waals surface area (Å²) in [4.78, 5) is 14.1. The molecule has 2 rings (SSSR count). The van der Waals surface area contributed by atoms with Crippen molar-refractivity contribution in [3.63, 3.8) is 0 Å². The zero-order chi connectivity index (χ0) is 14.0. The van der Waals surface area contributed by atoms with Gasteiger partial charge < -0.3 is 10.2 Å². The van der Waals surface area contributed by atoms with E-state index in [1.807, 2.05) is 26.8 Å². The molecule has 0 aromatic heterocycles. The first-order chi connectivity index (χ1) is 9.00. The van der Waals surface area contributed by atoms with Crippen LogP contribution in [0.25, 0.3) is 0 Å². The Bertz CT molecular complexity index is 453. The molecule has 104 valence electrons. The van der Waals surface area contributed by atoms with Gasteiger partial charge in [0.25, 0.3) is 0 Å². The fourth-order valence-electron chi connectivity index (χ4n) is 2.62. The number of carbonyl (C=O) groups excluding carboxylic acids is 1. The van der Waals surface area contributed by atoms with Crippen molar-refractivity contribution in [3.05, 3.63) is 29.6 Å². The molecule has 1 aromatic carbocycles. The van der Waals surface area contributed by atoms with Crippen LogP contribution in [-0.2, 0) is 4.79 Å². The molecule has 1 N–H and O–H groups in total. The Labute approximate surface area is 113 Å². The number of piperidine rings is 1. The lowest BCUT2D eigenvalue weighted by Gasteiger charge is -2.34. The minimum Gasteiger partial charge on any atom is -0.308 e. The molecule has 1 unspecified atom stereocenters. The quantitative estimate of drug-likeness (QED) is 0.910. The Morgan fingerprint density at radius 1 is 1.42 bits per heavy atom. The molecule has 19 heavy (non-hydrogen) atoms. The van der Waals surface area contributed by atoms with Gasteiger partial charge in [-0.05, 0) is 31.4 Å². The van der Waals surface area contributed by atoms with E-state index in [1.54, 1.807) is 11.0 Å². The minimum absolute atomic E-state index is 0.0202. The summed E-state index contributed by atoms with van der Waals surface area (Å²) in [6.45, 7) is 6.46. The highest BCUT2D eigenvalue weighted by Gasteiger charge is 2.31. The lowest BCUT2D eigenvalue weighted by atomic mass is 10.0. The third kappa shape index (κ3) is 2.95. The van der Waals surface area contributed by atoms with Gasteiger partial charge in [-0.3, -0.25) is 4.79 Å². The molecular formula is C15H21FN2O. The van der Waals surface area contributed by atoms with Crippen LogP contribution in [0.15, 0.2) is 18.2 Å². The normalized spacial score (nSPS) is 20.2. The van der Waals surface area contributed by atoms with Crippen LogP contribution in [0.4, 0.5) is 10.1 Å². The molecule has 3 nitrogen and oxygen atoms in total. The summed E-state index contributed by atoms with van der Waals surface area (Å²) >= 11 is 0. The fourth-order valence-corrected chi connectivity index (χ4v) is 2.62. The maximum atomic E-state index is 14.0. The molecule has 1 saturated heterocycles. The molecule has 4 heteroatoms. The Hall–Kier alpha value is -1.42. The van der Waals surface area contributed by atoms with Gasteiger partial charge in [0, 0.05) is 12.6 Å². The smallest absolute Gasteiger partial charge is 0.244 e. The van der Waals surface area contributed by atoms with Gasteiger partial charge in [-0.2, -0.15) is 0 Å². The van der Waals surface area contributed by atoms with Crippen molar-refractivity contribution in [1.29, 1.82) is 0 Å². The Morgan fingerprint density at radius 2 is 2.16 bits per heavy atom. The number of rotatable bonds is 3. The van der Waals surface area contributed by atoms with Crippen molar-refractivity contribution in [1.82, 2.24) is 5.32 Å². The molecule has 1 atom stereocenters. The number of benzene rings is 1. The Kier molecular flexibility index (Phi) is 4.20. The SMILES string of the molecule is Cc1cccc(F)c1N1CCCC(NC(C)C)C1=O. The summed E-state index contributed by atoms with van der Waals surface area (Å²) in [5, 5.41) is 3.26. The van der Waals surface area contributed by atoms with E-state index in [0.717, 1.165) is 18.4 Å². The van der Waals surface area contributed by atoms with E-state index in [0.29, 0.717) is 12.2 Å². The number of nitrogens with zero attached hydrogens (tertiary/aromatic N) is 1. The van der Waals surface area contributed by atoms with Gasteiger partial charge in [0.05, 0.1) is 11.7 Å². The lowest BCUT2D eigenvalue weighted by molar-refractivity contribution is -0.122. The maximum Gasteiger partial charge on any atom is 0.244 e. The van der Waals surface area contributed by atoms with Crippen molar-refractivity contribution in [2.45, 2.75) is 45.7 Å². The summed E-state index contributed by atoms with van der Waals surface area (Å²) in [6.07, 6.45) is 1.71. The van der Waals surface area contributed by atoms with E-state index in [2.05, 4.69) is 5.32 Å². The predicted molar refractivity (Wildman–Crippen MR) is 74.8 cm³/mol. The average Bonchev–Trinajstić information content (AvgIpc) is 2.33. The van der Waals surface area contributed by atoms with Crippen LogP contribution in [0.5, 0.6) is 0 Å². The number of hydrogen-bond donors (Lipinski definition) is 1. The molecule has 1 heterocycles. The van der Waals surface area contributed by atoms with E-state index in [4.69, 9.17) is 0 Å². The minimum atomic E-state index is -0.321. The number of nitrogens with one attached hydrogen (secondary N) is 1. The van der Waals surface area contributed by atoms with Crippen LogP contribution in [-0.4, -0.2) is 24.5 Å². The lowest BCUT2D eigenvalue weighted by Crippen LogP contribution is -2.52. The van der Waals surface area contributed by atoms with Gasteiger partial charge in [0.2, 0.25) is 5.91 Å². The summed E-state index contributed by atoms with van der Waals surface area (Å²) in [5.74, 6) is -0.341. The van der Waals surface area contributed by atoms with Gasteiger partial charge in [-0.25, -0.2) is 4.39 Å². The summed E-state index contributed by atoms with van der Waals surface area (Å²) < 4.78 is 14.0. The number of aryl methyl sites for hydroxylation is 1. The molecule has 1 aliphatic heterocycles. The molecule has 1 fully saturated rings. The van der Waals surface area contributed by atoms with Crippen LogP contribution in [0.1, 0.15) is 32.3 Å². The number of para-hydroxylation sites is 1. The fraction of sp³-hybridized carbons (Fsp3) is 0.533. The molecule has 0 spiro atoms. The van der Waals surface area contributed by atoms with Crippen LogP contribution < -0.4 is 10.2 Å². The first-order valence-corrected chi connectivity index (χ1v) is 6.83. The average molecular weight is 264 g/mol. The zero-order valence-electron chi connectivity index (χ0n) is 11.7. The van der Waals surface area contributed by atoms with Crippen molar-refractivity contribution in [2.24, 2.45) is 0 Å². The van der Waals surface area contributed by atoms with Gasteiger partial charge in [0.15, 0.2) is 0 Å². The zero-order valence-corrected chi connectivity index (χ0v) is 11.7. The molecule has 1 amide bonds. The van der Waals surface area contributed by atoms with Gasteiger partial charge in [0.1, 0.15) is 5.82 Å². The first kappa shape index (κ1) is 14.0. The van der Waals surface area contributed by atoms with Crippen molar-refractivity contribution >= 4 is 11.6 Å². The molecule has 1 aliphatic rings. The monoisotopic (exact) mass is 264 g/mol. The first-order valence-electron chi connectivity index (χ1n) is 6.83. The maximum absolute atomic E-state index is 14.0. The highest BCUT2D eigenvalue weighted by Crippen LogP contribution is 2.27. The molecule has 0 bridgehead atoms. The van der Waals surface area contributed by atoms with E-state index in [9.17, 15) is 9.18 Å². The second-order valence-corrected chi connectivity index (χ2v) is 5.41. The largest absolute Gasteiger partial charge is 0.308 e. The number of halogens is 1. The number of anilines is 1. The second kappa shape index (κ2) is 5.70. The highest BCUT2D eigenvalue weighted by molar-refractivity contribution is 5.98. The number of carbonyl (C=O) groups is 1. The highest BCUT2D eigenvalue weighted by atomic mass is 19.1. The summed E-state index contributed by atoms with van der Waals surface area (Å²) in [5.41, 5.74) is 1.24. The van der Waals surface area contributed by atoms with Crippen molar-refractivity contribution in [3.8, 4) is 0 Å². The molecule has 0 aliphatic carbocycles. The van der Waals surface area contributed by atoms with Gasteiger partial charge in [-0.1, -0.05) is 26.0 Å². The van der Waals surface area contributed by atoms with Crippen LogP contribution in [0.3, 0.4) is 0 Å². The van der Waals surface area contributed by atoms with E-state index in [1.165, 1.54) is 6.07 Å². The molecule has 1 aromatic rings. The Balaban J connectivity index is 2.27. The second-order valence-electron chi connectivity index (χ2n) is 5.41. The Morgan fingerprint density at radius 3 is 2.79 bits per heavy atom. The van der Waals surface area contributed by atoms with Gasteiger partial charge in [-0.15, -0.1) is 0 Å². The molecule has 0 saturated carbocycles. The van der Waals surface area contributed by atoms with Gasteiger partial charge >= 0.3 is 0 Å². The van der Waals surface area contributed by atoms with Crippen LogP contribution >= 0.6 is 0 Å².